The quantitative estimate of drug-likeness (QED) is 0.400. The lowest BCUT2D eigenvalue weighted by Gasteiger charge is -2.61. The Hall–Kier alpha value is -3.60. The van der Waals surface area contributed by atoms with E-state index in [0.29, 0.717) is 30.3 Å². The number of carbonyl (C=O) groups excluding carboxylic acids is 2. The third-order valence-electron chi connectivity index (χ3n) is 8.61. The van der Waals surface area contributed by atoms with Gasteiger partial charge >= 0.3 is 23.9 Å². The van der Waals surface area contributed by atoms with Crippen molar-refractivity contribution in [2.24, 2.45) is 11.8 Å². The Bertz CT molecular complexity index is 1240. The third-order valence-corrected chi connectivity index (χ3v) is 8.61. The Balaban J connectivity index is 1.35. The van der Waals surface area contributed by atoms with Gasteiger partial charge in [-0.2, -0.15) is 0 Å². The van der Waals surface area contributed by atoms with E-state index in [1.807, 2.05) is 12.1 Å². The van der Waals surface area contributed by atoms with Gasteiger partial charge in [0.25, 0.3) is 0 Å². The zero-order valence-electron chi connectivity index (χ0n) is 21.1. The maximum atomic E-state index is 12.7. The average Bonchev–Trinajstić information content (AvgIpc) is 3.21. The number of carboxylic acids is 2. The maximum Gasteiger partial charge on any atom is 0.345 e. The summed E-state index contributed by atoms with van der Waals surface area (Å²) in [4.78, 5) is 46.7. The van der Waals surface area contributed by atoms with Gasteiger partial charge in [0.1, 0.15) is 5.76 Å². The zero-order chi connectivity index (χ0) is 27.4. The first-order valence-corrected chi connectivity index (χ1v) is 12.7. The smallest absolute Gasteiger partial charge is 0.345 e. The molecule has 1 aromatic carbocycles. The molecule has 11 heteroatoms. The molecule has 1 spiro atoms. The lowest BCUT2D eigenvalue weighted by atomic mass is 9.45. The first kappa shape index (κ1) is 26.0. The van der Waals surface area contributed by atoms with E-state index in [4.69, 9.17) is 29.2 Å². The van der Waals surface area contributed by atoms with Gasteiger partial charge in [0.15, 0.2) is 17.6 Å². The summed E-state index contributed by atoms with van der Waals surface area (Å²) in [7, 11) is 1.54. The maximum absolute atomic E-state index is 12.7. The van der Waals surface area contributed by atoms with E-state index in [0.717, 1.165) is 17.5 Å². The Kier molecular flexibility index (Phi) is 6.37. The molecule has 4 aliphatic rings. The van der Waals surface area contributed by atoms with Crippen molar-refractivity contribution in [2.75, 3.05) is 7.11 Å². The SMILES string of the molecule is COc1ccc2c3c1O[C@H]1C(OC(=O)CCC(=O)O[C@@H](CC(=O)O)C(=O)O)=CC[C@@]4(O)[C@@H](C2)C(C)CC[C@]314. The summed E-state index contributed by atoms with van der Waals surface area (Å²) in [5, 5.41) is 30.0. The Labute approximate surface area is 218 Å². The molecule has 2 bridgehead atoms. The largest absolute Gasteiger partial charge is 0.493 e. The summed E-state index contributed by atoms with van der Waals surface area (Å²) in [5.41, 5.74) is 0.108. The standard InChI is InChI=1S/C27H30O11/c1-13-7-9-26-22-14-3-4-16(35-2)23(22)38-24(26)17(8-10-27(26,34)15(13)11-14)36-20(30)5-6-21(31)37-18(25(32)33)12-19(28)29/h3-4,8,13,15,18,24,34H,5-7,9-12H2,1-2H3,(H,28,29)(H,32,33)/t13?,15-,18-,24-,26-,27+/m0/s1. The van der Waals surface area contributed by atoms with Crippen molar-refractivity contribution in [3.05, 3.63) is 35.1 Å². The fraction of sp³-hybridized carbons (Fsp3) is 0.556. The van der Waals surface area contributed by atoms with Crippen LogP contribution in [0.25, 0.3) is 0 Å². The monoisotopic (exact) mass is 530 g/mol. The minimum absolute atomic E-state index is 0.00505. The van der Waals surface area contributed by atoms with E-state index >= 15 is 0 Å². The molecule has 1 aromatic rings. The third kappa shape index (κ3) is 3.82. The molecule has 6 atom stereocenters. The molecule has 11 nitrogen and oxygen atoms in total. The molecule has 0 radical (unpaired) electrons. The molecule has 38 heavy (non-hydrogen) atoms. The Morgan fingerprint density at radius 2 is 1.89 bits per heavy atom. The summed E-state index contributed by atoms with van der Waals surface area (Å²) in [6.07, 6.45) is -0.230. The molecule has 0 amide bonds. The number of ether oxygens (including phenoxy) is 4. The fourth-order valence-electron chi connectivity index (χ4n) is 6.91. The highest BCUT2D eigenvalue weighted by Gasteiger charge is 2.72. The second kappa shape index (κ2) is 9.30. The number of methoxy groups -OCH3 is 1. The second-order valence-corrected chi connectivity index (χ2v) is 10.6. The van der Waals surface area contributed by atoms with Crippen LogP contribution in [0.5, 0.6) is 11.5 Å². The van der Waals surface area contributed by atoms with Gasteiger partial charge in [-0.05, 0) is 55.2 Å². The number of aliphatic hydroxyl groups is 1. The van der Waals surface area contributed by atoms with Gasteiger partial charge in [-0.25, -0.2) is 4.79 Å². The number of rotatable bonds is 9. The van der Waals surface area contributed by atoms with Crippen LogP contribution in [0.1, 0.15) is 56.6 Å². The van der Waals surface area contributed by atoms with Crippen molar-refractivity contribution in [3.8, 4) is 11.5 Å². The molecule has 5 rings (SSSR count). The topological polar surface area (TPSA) is 166 Å². The summed E-state index contributed by atoms with van der Waals surface area (Å²) >= 11 is 0. The molecule has 3 aliphatic carbocycles. The second-order valence-electron chi connectivity index (χ2n) is 10.6. The van der Waals surface area contributed by atoms with Crippen LogP contribution in [-0.2, 0) is 40.5 Å². The number of esters is 2. The van der Waals surface area contributed by atoms with E-state index in [9.17, 15) is 24.3 Å². The highest BCUT2D eigenvalue weighted by atomic mass is 16.6. The van der Waals surface area contributed by atoms with Crippen molar-refractivity contribution in [3.63, 3.8) is 0 Å². The van der Waals surface area contributed by atoms with E-state index < -0.39 is 66.4 Å². The van der Waals surface area contributed by atoms with E-state index in [1.165, 1.54) is 0 Å². The van der Waals surface area contributed by atoms with E-state index in [1.54, 1.807) is 13.2 Å². The van der Waals surface area contributed by atoms with Crippen molar-refractivity contribution in [1.82, 2.24) is 0 Å². The van der Waals surface area contributed by atoms with Crippen LogP contribution in [0.3, 0.4) is 0 Å². The first-order valence-electron chi connectivity index (χ1n) is 12.7. The number of benzene rings is 1. The minimum Gasteiger partial charge on any atom is -0.493 e. The Morgan fingerprint density at radius 1 is 1.16 bits per heavy atom. The number of carboxylic acid groups (broad SMARTS) is 2. The van der Waals surface area contributed by atoms with Gasteiger partial charge in [0.2, 0.25) is 6.10 Å². The molecule has 3 N–H and O–H groups in total. The highest BCUT2D eigenvalue weighted by molar-refractivity contribution is 5.84. The molecule has 1 fully saturated rings. The molecular formula is C27H30O11. The number of hydrogen-bond acceptors (Lipinski definition) is 9. The van der Waals surface area contributed by atoms with E-state index in [-0.39, 0.29) is 18.1 Å². The van der Waals surface area contributed by atoms with Crippen LogP contribution in [0.15, 0.2) is 24.0 Å². The Morgan fingerprint density at radius 3 is 2.58 bits per heavy atom. The lowest BCUT2D eigenvalue weighted by Crippen LogP contribution is -2.69. The van der Waals surface area contributed by atoms with Gasteiger partial charge in [0.05, 0.1) is 37.4 Å². The van der Waals surface area contributed by atoms with E-state index in [2.05, 4.69) is 6.92 Å². The van der Waals surface area contributed by atoms with Crippen LogP contribution >= 0.6 is 0 Å². The highest BCUT2D eigenvalue weighted by Crippen LogP contribution is 2.68. The average molecular weight is 531 g/mol. The zero-order valence-corrected chi connectivity index (χ0v) is 21.1. The first-order chi connectivity index (χ1) is 18.0. The molecule has 0 saturated heterocycles. The summed E-state index contributed by atoms with van der Waals surface area (Å²) < 4.78 is 22.3. The predicted octanol–water partition coefficient (Wildman–Crippen LogP) is 2.11. The van der Waals surface area contributed by atoms with Crippen LogP contribution in [-0.4, -0.2) is 64.1 Å². The van der Waals surface area contributed by atoms with Gasteiger partial charge in [-0.3, -0.25) is 14.4 Å². The summed E-state index contributed by atoms with van der Waals surface area (Å²) in [6.45, 7) is 2.15. The van der Waals surface area contributed by atoms with Crippen molar-refractivity contribution in [2.45, 2.75) is 75.1 Å². The molecule has 204 valence electrons. The molecule has 1 unspecified atom stereocenters. The normalized spacial score (nSPS) is 30.7. The molecule has 1 saturated carbocycles. The van der Waals surface area contributed by atoms with Gasteiger partial charge < -0.3 is 34.3 Å². The van der Waals surface area contributed by atoms with Gasteiger partial charge in [-0.15, -0.1) is 0 Å². The van der Waals surface area contributed by atoms with Gasteiger partial charge in [0, 0.05) is 5.56 Å². The minimum atomic E-state index is -1.85. The lowest BCUT2D eigenvalue weighted by molar-refractivity contribution is -0.172. The molecule has 1 heterocycles. The number of carbonyl (C=O) groups is 4. The van der Waals surface area contributed by atoms with Crippen molar-refractivity contribution < 1.29 is 53.4 Å². The predicted molar refractivity (Wildman–Crippen MR) is 127 cm³/mol. The molecule has 1 aliphatic heterocycles. The van der Waals surface area contributed by atoms with Crippen LogP contribution in [0, 0.1) is 11.8 Å². The van der Waals surface area contributed by atoms with Crippen LogP contribution in [0.4, 0.5) is 0 Å². The van der Waals surface area contributed by atoms with Gasteiger partial charge in [-0.1, -0.05) is 13.0 Å². The summed E-state index contributed by atoms with van der Waals surface area (Å²) in [5.74, 6) is -3.19. The van der Waals surface area contributed by atoms with Crippen molar-refractivity contribution >= 4 is 23.9 Å². The van der Waals surface area contributed by atoms with Crippen molar-refractivity contribution in [1.29, 1.82) is 0 Å². The number of hydrogen-bond donors (Lipinski definition) is 3. The fourth-order valence-corrected chi connectivity index (χ4v) is 6.91. The summed E-state index contributed by atoms with van der Waals surface area (Å²) in [6, 6.07) is 3.86. The van der Waals surface area contributed by atoms with Crippen LogP contribution in [0.2, 0.25) is 0 Å². The molecular weight excluding hydrogens is 500 g/mol. The number of aliphatic carboxylic acids is 2. The van der Waals surface area contributed by atoms with Crippen LogP contribution < -0.4 is 9.47 Å². The molecule has 0 aromatic heterocycles.